The van der Waals surface area contributed by atoms with E-state index in [1.54, 1.807) is 14.2 Å². The highest BCUT2D eigenvalue weighted by molar-refractivity contribution is 6.02. The fourth-order valence-corrected chi connectivity index (χ4v) is 6.50. The molecule has 0 aliphatic carbocycles. The average molecular weight is 553 g/mol. The lowest BCUT2D eigenvalue weighted by atomic mass is 9.78. The molecule has 1 saturated heterocycles. The molecule has 41 heavy (non-hydrogen) atoms. The number of ether oxygens (including phenoxy) is 2. The van der Waals surface area contributed by atoms with Gasteiger partial charge in [-0.05, 0) is 29.8 Å². The highest BCUT2D eigenvalue weighted by Crippen LogP contribution is 2.46. The summed E-state index contributed by atoms with van der Waals surface area (Å²) in [5.74, 6) is 0.270. The van der Waals surface area contributed by atoms with E-state index in [0.717, 1.165) is 33.5 Å². The minimum absolute atomic E-state index is 0.0463. The summed E-state index contributed by atoms with van der Waals surface area (Å²) < 4.78 is 13.1. The van der Waals surface area contributed by atoms with Crippen LogP contribution in [0.15, 0.2) is 79.0 Å². The van der Waals surface area contributed by atoms with Crippen molar-refractivity contribution in [2.75, 3.05) is 58.5 Å². The Labute approximate surface area is 240 Å². The van der Waals surface area contributed by atoms with Crippen LogP contribution in [0.2, 0.25) is 0 Å². The number of aryl methyl sites for hydroxylation is 1. The van der Waals surface area contributed by atoms with E-state index in [1.807, 2.05) is 71.4 Å². The quantitative estimate of drug-likeness (QED) is 0.339. The van der Waals surface area contributed by atoms with Crippen molar-refractivity contribution >= 4 is 28.4 Å². The zero-order valence-corrected chi connectivity index (χ0v) is 23.8. The Hall–Kier alpha value is -4.30. The molecule has 0 spiro atoms. The van der Waals surface area contributed by atoms with Gasteiger partial charge in [0.25, 0.3) is 5.91 Å². The molecule has 6 rings (SSSR count). The third-order valence-electron chi connectivity index (χ3n) is 8.50. The maximum Gasteiger partial charge on any atom is 0.254 e. The number of aromatic nitrogens is 1. The maximum absolute atomic E-state index is 14.6. The molecule has 0 unspecified atom stereocenters. The average Bonchev–Trinajstić information content (AvgIpc) is 3.36. The molecule has 2 aliphatic rings. The number of hydrogen-bond acceptors (Lipinski definition) is 5. The molecule has 8 heteroatoms. The third kappa shape index (κ3) is 4.72. The molecule has 1 fully saturated rings. The van der Waals surface area contributed by atoms with Crippen molar-refractivity contribution in [3.8, 4) is 5.75 Å². The molecule has 2 amide bonds. The van der Waals surface area contributed by atoms with E-state index >= 15 is 0 Å². The molecule has 1 aromatic heterocycles. The molecule has 212 valence electrons. The number of carbonyl (C=O) groups is 2. The van der Waals surface area contributed by atoms with E-state index < -0.39 is 12.0 Å². The summed E-state index contributed by atoms with van der Waals surface area (Å²) >= 11 is 0. The second-order valence-electron chi connectivity index (χ2n) is 10.7. The van der Waals surface area contributed by atoms with E-state index in [1.165, 1.54) is 0 Å². The van der Waals surface area contributed by atoms with Crippen LogP contribution < -0.4 is 9.64 Å². The third-order valence-corrected chi connectivity index (χ3v) is 8.50. The standard InChI is InChI=1S/C33H36N4O4/c1-34-22-26(23-10-6-7-13-27(23)34)31-30(24-11-4-5-12-25(24)32(38)37(31)20-21-40-2)33(39)36-18-16-35(17-19-36)28-14-8-9-15-29(28)41-3/h4-15,22,30-31H,16-21H2,1-3H3/t30-,31-/m0/s1. The molecular formula is C33H36N4O4. The van der Waals surface area contributed by atoms with Crippen molar-refractivity contribution in [3.05, 3.63) is 95.7 Å². The van der Waals surface area contributed by atoms with E-state index in [-0.39, 0.29) is 11.8 Å². The Bertz CT molecular complexity index is 1570. The molecule has 3 heterocycles. The van der Waals surface area contributed by atoms with Crippen LogP contribution in [0.25, 0.3) is 10.9 Å². The van der Waals surface area contributed by atoms with Gasteiger partial charge in [-0.2, -0.15) is 0 Å². The van der Waals surface area contributed by atoms with Crippen molar-refractivity contribution in [2.24, 2.45) is 7.05 Å². The van der Waals surface area contributed by atoms with Crippen LogP contribution in [0.5, 0.6) is 5.75 Å². The summed E-state index contributed by atoms with van der Waals surface area (Å²) in [4.78, 5) is 34.7. The number of amides is 2. The van der Waals surface area contributed by atoms with Crippen LogP contribution in [0.3, 0.4) is 0 Å². The maximum atomic E-state index is 14.6. The Kier molecular flexibility index (Phi) is 7.41. The largest absolute Gasteiger partial charge is 0.495 e. The first kappa shape index (κ1) is 26.9. The highest BCUT2D eigenvalue weighted by atomic mass is 16.5. The zero-order valence-electron chi connectivity index (χ0n) is 23.8. The summed E-state index contributed by atoms with van der Waals surface area (Å²) in [6.45, 7) is 3.35. The zero-order chi connectivity index (χ0) is 28.5. The lowest BCUT2D eigenvalue weighted by Gasteiger charge is -2.44. The summed E-state index contributed by atoms with van der Waals surface area (Å²) in [6, 6.07) is 23.3. The summed E-state index contributed by atoms with van der Waals surface area (Å²) in [5.41, 5.74) is 4.47. The van der Waals surface area contributed by atoms with Crippen molar-refractivity contribution in [1.82, 2.24) is 14.4 Å². The molecule has 0 N–H and O–H groups in total. The van der Waals surface area contributed by atoms with Gasteiger partial charge in [0.15, 0.2) is 0 Å². The van der Waals surface area contributed by atoms with Gasteiger partial charge in [-0.25, -0.2) is 0 Å². The lowest BCUT2D eigenvalue weighted by Crippen LogP contribution is -2.53. The minimum atomic E-state index is -0.538. The second-order valence-corrected chi connectivity index (χ2v) is 10.7. The SMILES string of the molecule is COCCN1C(=O)c2ccccc2[C@H](C(=O)N2CCN(c3ccccc3OC)CC2)[C@@H]1c1cn(C)c2ccccc12. The van der Waals surface area contributed by atoms with Crippen LogP contribution in [0.4, 0.5) is 5.69 Å². The fraction of sp³-hybridized carbons (Fsp3) is 0.333. The molecular weight excluding hydrogens is 516 g/mol. The van der Waals surface area contributed by atoms with Crippen LogP contribution in [-0.2, 0) is 16.6 Å². The predicted octanol–water partition coefficient (Wildman–Crippen LogP) is 4.46. The predicted molar refractivity (Wildman–Crippen MR) is 160 cm³/mol. The smallest absolute Gasteiger partial charge is 0.254 e. The second kappa shape index (κ2) is 11.3. The van der Waals surface area contributed by atoms with Gasteiger partial charge in [0.05, 0.1) is 31.4 Å². The van der Waals surface area contributed by atoms with Crippen molar-refractivity contribution < 1.29 is 19.1 Å². The normalized spacial score (nSPS) is 19.0. The fourth-order valence-electron chi connectivity index (χ4n) is 6.50. The molecule has 0 radical (unpaired) electrons. The molecule has 8 nitrogen and oxygen atoms in total. The van der Waals surface area contributed by atoms with Gasteiger partial charge in [-0.15, -0.1) is 0 Å². The number of piperazine rings is 1. The molecule has 0 saturated carbocycles. The lowest BCUT2D eigenvalue weighted by molar-refractivity contribution is -0.135. The van der Waals surface area contributed by atoms with Gasteiger partial charge in [-0.1, -0.05) is 48.5 Å². The Morgan fingerprint density at radius 1 is 0.878 bits per heavy atom. The number of benzene rings is 3. The monoisotopic (exact) mass is 552 g/mol. The topological polar surface area (TPSA) is 67.2 Å². The first-order chi connectivity index (χ1) is 20.0. The van der Waals surface area contributed by atoms with Gasteiger partial charge >= 0.3 is 0 Å². The summed E-state index contributed by atoms with van der Waals surface area (Å²) in [7, 11) is 5.33. The summed E-state index contributed by atoms with van der Waals surface area (Å²) in [6.07, 6.45) is 2.08. The van der Waals surface area contributed by atoms with Crippen molar-refractivity contribution in [3.63, 3.8) is 0 Å². The summed E-state index contributed by atoms with van der Waals surface area (Å²) in [5, 5.41) is 1.05. The number of anilines is 1. The Balaban J connectivity index is 1.40. The number of hydrogen-bond donors (Lipinski definition) is 0. The van der Waals surface area contributed by atoms with Gasteiger partial charge in [-0.3, -0.25) is 9.59 Å². The first-order valence-electron chi connectivity index (χ1n) is 14.1. The number of rotatable bonds is 7. The molecule has 4 aromatic rings. The van der Waals surface area contributed by atoms with Crippen LogP contribution in [0.1, 0.15) is 33.4 Å². The van der Waals surface area contributed by atoms with Crippen LogP contribution in [0, 0.1) is 0 Å². The molecule has 2 atom stereocenters. The van der Waals surface area contributed by atoms with Gasteiger partial charge in [0.1, 0.15) is 5.75 Å². The number of methoxy groups -OCH3 is 2. The molecule has 2 aliphatic heterocycles. The van der Waals surface area contributed by atoms with Crippen molar-refractivity contribution in [1.29, 1.82) is 0 Å². The van der Waals surface area contributed by atoms with E-state index in [4.69, 9.17) is 9.47 Å². The Morgan fingerprint density at radius 3 is 2.37 bits per heavy atom. The number of para-hydroxylation sites is 3. The van der Waals surface area contributed by atoms with Gasteiger partial charge in [0, 0.05) is 75.1 Å². The van der Waals surface area contributed by atoms with Gasteiger partial charge in [0.2, 0.25) is 5.91 Å². The number of fused-ring (bicyclic) bond motifs is 2. The highest BCUT2D eigenvalue weighted by Gasteiger charge is 2.46. The van der Waals surface area contributed by atoms with Crippen LogP contribution in [-0.4, -0.2) is 79.7 Å². The minimum Gasteiger partial charge on any atom is -0.495 e. The first-order valence-corrected chi connectivity index (χ1v) is 14.1. The number of nitrogens with zero attached hydrogens (tertiary/aromatic N) is 4. The molecule has 0 bridgehead atoms. The Morgan fingerprint density at radius 2 is 1.59 bits per heavy atom. The van der Waals surface area contributed by atoms with Crippen LogP contribution >= 0.6 is 0 Å². The van der Waals surface area contributed by atoms with E-state index in [2.05, 4.69) is 33.9 Å². The van der Waals surface area contributed by atoms with E-state index in [0.29, 0.717) is 44.9 Å². The van der Waals surface area contributed by atoms with Crippen molar-refractivity contribution in [2.45, 2.75) is 12.0 Å². The van der Waals surface area contributed by atoms with Gasteiger partial charge < -0.3 is 28.7 Å². The van der Waals surface area contributed by atoms with E-state index in [9.17, 15) is 9.59 Å². The molecule has 3 aromatic carbocycles. The number of carbonyl (C=O) groups excluding carboxylic acids is 2.